The Kier molecular flexibility index (Phi) is 5.56. The molecule has 0 amide bonds. The van der Waals surface area contributed by atoms with Crippen LogP contribution in [0.1, 0.15) is 18.4 Å². The number of benzene rings is 2. The van der Waals surface area contributed by atoms with Gasteiger partial charge >= 0.3 is 0 Å². The Morgan fingerprint density at radius 3 is 2.59 bits per heavy atom. The predicted molar refractivity (Wildman–Crippen MR) is 117 cm³/mol. The zero-order valence-electron chi connectivity index (χ0n) is 15.1. The van der Waals surface area contributed by atoms with E-state index in [0.717, 1.165) is 34.0 Å². The summed E-state index contributed by atoms with van der Waals surface area (Å²) in [6.07, 6.45) is 0. The molecule has 0 bridgehead atoms. The summed E-state index contributed by atoms with van der Waals surface area (Å²) in [4.78, 5) is 15.2. The van der Waals surface area contributed by atoms with E-state index in [1.807, 2.05) is 30.6 Å². The van der Waals surface area contributed by atoms with Gasteiger partial charge in [-0.15, -0.1) is 23.7 Å². The van der Waals surface area contributed by atoms with E-state index in [0.29, 0.717) is 10.6 Å². The molecule has 0 unspecified atom stereocenters. The quantitative estimate of drug-likeness (QED) is 0.458. The molecule has 3 N–H and O–H groups in total. The van der Waals surface area contributed by atoms with Crippen molar-refractivity contribution in [2.24, 2.45) is 0 Å². The largest absolute Gasteiger partial charge is 0.507 e. The molecule has 2 aromatic heterocycles. The molecule has 0 aliphatic heterocycles. The SMILES string of the molecule is CNC[C@H](C)c1ccc(-c2c(O)ccc3[nH]c(=O)c4sccc4c23)cc1.Cl. The lowest BCUT2D eigenvalue weighted by Gasteiger charge is -2.14. The fourth-order valence-corrected chi connectivity index (χ4v) is 4.33. The average molecular weight is 401 g/mol. The van der Waals surface area contributed by atoms with Gasteiger partial charge in [0.25, 0.3) is 5.56 Å². The number of phenolic OH excluding ortho intramolecular Hbond substituents is 1. The molecule has 4 nitrogen and oxygen atoms in total. The minimum Gasteiger partial charge on any atom is -0.507 e. The molecule has 2 heterocycles. The van der Waals surface area contributed by atoms with Gasteiger partial charge in [0.05, 0.1) is 0 Å². The topological polar surface area (TPSA) is 65.1 Å². The summed E-state index contributed by atoms with van der Waals surface area (Å²) in [6, 6.07) is 13.6. The van der Waals surface area contributed by atoms with Crippen LogP contribution in [0.15, 0.2) is 52.6 Å². The van der Waals surface area contributed by atoms with Crippen LogP contribution < -0.4 is 10.9 Å². The lowest BCUT2D eigenvalue weighted by atomic mass is 9.94. The Morgan fingerprint density at radius 1 is 1.15 bits per heavy atom. The minimum absolute atomic E-state index is 0. The number of halogens is 1. The average Bonchev–Trinajstić information content (AvgIpc) is 3.13. The zero-order chi connectivity index (χ0) is 18.3. The maximum atomic E-state index is 12.3. The van der Waals surface area contributed by atoms with Crippen LogP contribution in [-0.2, 0) is 0 Å². The van der Waals surface area contributed by atoms with Crippen LogP contribution in [0.3, 0.4) is 0 Å². The molecule has 140 valence electrons. The van der Waals surface area contributed by atoms with Gasteiger partial charge in [0.1, 0.15) is 10.4 Å². The fraction of sp³-hybridized carbons (Fsp3) is 0.190. The number of aromatic amines is 1. The molecule has 0 fully saturated rings. The van der Waals surface area contributed by atoms with E-state index in [1.165, 1.54) is 16.9 Å². The number of phenols is 1. The van der Waals surface area contributed by atoms with Gasteiger partial charge in [0.2, 0.25) is 0 Å². The molecule has 0 saturated heterocycles. The maximum Gasteiger partial charge on any atom is 0.266 e. The monoisotopic (exact) mass is 400 g/mol. The first-order chi connectivity index (χ1) is 12.6. The first-order valence-electron chi connectivity index (χ1n) is 8.60. The minimum atomic E-state index is -0.0876. The second-order valence-electron chi connectivity index (χ2n) is 6.58. The molecular weight excluding hydrogens is 380 g/mol. The maximum absolute atomic E-state index is 12.3. The van der Waals surface area contributed by atoms with E-state index < -0.39 is 0 Å². The van der Waals surface area contributed by atoms with E-state index >= 15 is 0 Å². The third-order valence-electron chi connectivity index (χ3n) is 4.85. The first kappa shape index (κ1) is 19.4. The van der Waals surface area contributed by atoms with Crippen molar-refractivity contribution >= 4 is 44.7 Å². The number of likely N-dealkylation sites (N-methyl/N-ethyl adjacent to an activating group) is 1. The summed E-state index contributed by atoms with van der Waals surface area (Å²) in [6.45, 7) is 3.09. The Morgan fingerprint density at radius 2 is 1.89 bits per heavy atom. The van der Waals surface area contributed by atoms with Gasteiger partial charge in [-0.25, -0.2) is 0 Å². The number of aromatic nitrogens is 1. The molecule has 0 saturated carbocycles. The highest BCUT2D eigenvalue weighted by Crippen LogP contribution is 2.39. The van der Waals surface area contributed by atoms with Gasteiger partial charge in [0, 0.05) is 28.4 Å². The highest BCUT2D eigenvalue weighted by Gasteiger charge is 2.15. The van der Waals surface area contributed by atoms with E-state index in [4.69, 9.17) is 0 Å². The van der Waals surface area contributed by atoms with Crippen molar-refractivity contribution in [1.82, 2.24) is 10.3 Å². The number of hydrogen-bond donors (Lipinski definition) is 3. The number of rotatable bonds is 4. The summed E-state index contributed by atoms with van der Waals surface area (Å²) in [5.41, 5.74) is 3.59. The van der Waals surface area contributed by atoms with Gasteiger partial charge in [0.15, 0.2) is 0 Å². The summed E-state index contributed by atoms with van der Waals surface area (Å²) < 4.78 is 0.684. The molecular formula is C21H21ClN2O2S. The van der Waals surface area contributed by atoms with Crippen molar-refractivity contribution in [3.63, 3.8) is 0 Å². The molecule has 4 rings (SSSR count). The highest BCUT2D eigenvalue weighted by molar-refractivity contribution is 7.17. The van der Waals surface area contributed by atoms with Crippen LogP contribution in [0.25, 0.3) is 32.1 Å². The third-order valence-corrected chi connectivity index (χ3v) is 5.76. The van der Waals surface area contributed by atoms with Crippen molar-refractivity contribution in [2.45, 2.75) is 12.8 Å². The van der Waals surface area contributed by atoms with Gasteiger partial charge < -0.3 is 15.4 Å². The van der Waals surface area contributed by atoms with Crippen LogP contribution in [0.2, 0.25) is 0 Å². The van der Waals surface area contributed by atoms with Gasteiger partial charge in [-0.1, -0.05) is 31.2 Å². The van der Waals surface area contributed by atoms with E-state index in [1.54, 1.807) is 12.1 Å². The van der Waals surface area contributed by atoms with Crippen LogP contribution in [0, 0.1) is 0 Å². The smallest absolute Gasteiger partial charge is 0.266 e. The lowest BCUT2D eigenvalue weighted by molar-refractivity contribution is 0.478. The number of hydrogen-bond acceptors (Lipinski definition) is 4. The van der Waals surface area contributed by atoms with Crippen LogP contribution in [0.5, 0.6) is 5.75 Å². The van der Waals surface area contributed by atoms with Crippen LogP contribution >= 0.6 is 23.7 Å². The molecule has 0 spiro atoms. The number of aromatic hydroxyl groups is 1. The Hall–Kier alpha value is -2.34. The zero-order valence-corrected chi connectivity index (χ0v) is 16.7. The second-order valence-corrected chi connectivity index (χ2v) is 7.50. The molecule has 27 heavy (non-hydrogen) atoms. The normalized spacial score (nSPS) is 12.2. The van der Waals surface area contributed by atoms with Crippen molar-refractivity contribution < 1.29 is 5.11 Å². The van der Waals surface area contributed by atoms with Gasteiger partial charge in [-0.05, 0) is 47.7 Å². The number of nitrogens with one attached hydrogen (secondary N) is 2. The number of pyridine rings is 1. The molecule has 0 radical (unpaired) electrons. The first-order valence-corrected chi connectivity index (χ1v) is 9.48. The summed E-state index contributed by atoms with van der Waals surface area (Å²) >= 11 is 1.42. The van der Waals surface area contributed by atoms with Crippen LogP contribution in [-0.4, -0.2) is 23.7 Å². The van der Waals surface area contributed by atoms with Crippen LogP contribution in [0.4, 0.5) is 0 Å². The van der Waals surface area contributed by atoms with Crippen molar-refractivity contribution in [2.75, 3.05) is 13.6 Å². The summed E-state index contributed by atoms with van der Waals surface area (Å²) in [5.74, 6) is 0.628. The molecule has 1 atom stereocenters. The lowest BCUT2D eigenvalue weighted by Crippen LogP contribution is -2.14. The van der Waals surface area contributed by atoms with E-state index in [9.17, 15) is 9.90 Å². The molecule has 2 aromatic carbocycles. The van der Waals surface area contributed by atoms with Crippen molar-refractivity contribution in [3.05, 3.63) is 63.8 Å². The predicted octanol–water partition coefficient (Wildman–Crippen LogP) is 4.86. The number of H-pyrrole nitrogens is 1. The molecule has 6 heteroatoms. The van der Waals surface area contributed by atoms with Gasteiger partial charge in [-0.3, -0.25) is 4.79 Å². The van der Waals surface area contributed by atoms with Crippen molar-refractivity contribution in [3.8, 4) is 16.9 Å². The number of thiophene rings is 1. The fourth-order valence-electron chi connectivity index (χ4n) is 3.53. The summed E-state index contributed by atoms with van der Waals surface area (Å²) in [7, 11) is 1.95. The molecule has 0 aliphatic carbocycles. The number of fused-ring (bicyclic) bond motifs is 3. The van der Waals surface area contributed by atoms with Crippen molar-refractivity contribution in [1.29, 1.82) is 0 Å². The van der Waals surface area contributed by atoms with E-state index in [-0.39, 0.29) is 23.7 Å². The van der Waals surface area contributed by atoms with Gasteiger partial charge in [-0.2, -0.15) is 0 Å². The Labute approximate surface area is 167 Å². The third kappa shape index (κ3) is 3.34. The Bertz CT molecular complexity index is 1150. The second kappa shape index (κ2) is 7.72. The standard InChI is InChI=1S/C21H20N2O2S.ClH/c1-12(11-22-2)13-3-5-14(6-4-13)18-17(24)8-7-16-19(18)15-9-10-26-20(15)21(25)23-16;/h3-10,12,22,24H,11H2,1-2H3,(H,23,25);1H/t12-;/m0./s1. The summed E-state index contributed by atoms with van der Waals surface area (Å²) in [5, 5.41) is 17.5. The molecule has 0 aliphatic rings. The molecule has 4 aromatic rings. The van der Waals surface area contributed by atoms with E-state index in [2.05, 4.69) is 29.4 Å². The Balaban J connectivity index is 0.00000210. The highest BCUT2D eigenvalue weighted by atomic mass is 35.5.